The molecule has 1 aromatic rings. The van der Waals surface area contributed by atoms with E-state index < -0.39 is 0 Å². The second-order valence-corrected chi connectivity index (χ2v) is 3.46. The van der Waals surface area contributed by atoms with Gasteiger partial charge in [-0.2, -0.15) is 0 Å². The summed E-state index contributed by atoms with van der Waals surface area (Å²) in [7, 11) is 1.66. The van der Waals surface area contributed by atoms with Gasteiger partial charge in [0.15, 0.2) is 0 Å². The summed E-state index contributed by atoms with van der Waals surface area (Å²) in [5, 5.41) is 5.07. The van der Waals surface area contributed by atoms with E-state index in [1.54, 1.807) is 38.5 Å². The van der Waals surface area contributed by atoms with Crippen LogP contribution in [-0.2, 0) is 16.0 Å². The van der Waals surface area contributed by atoms with Crippen molar-refractivity contribution in [2.24, 2.45) is 0 Å². The van der Waals surface area contributed by atoms with Crippen molar-refractivity contribution in [1.29, 1.82) is 0 Å². The van der Waals surface area contributed by atoms with Crippen molar-refractivity contribution >= 4 is 11.8 Å². The molecule has 0 fully saturated rings. The summed E-state index contributed by atoms with van der Waals surface area (Å²) >= 11 is 0. The van der Waals surface area contributed by atoms with E-state index in [0.717, 1.165) is 5.56 Å². The first kappa shape index (κ1) is 12.3. The lowest BCUT2D eigenvalue weighted by Gasteiger charge is -2.09. The number of nitrogens with zero attached hydrogens (tertiary/aromatic N) is 1. The van der Waals surface area contributed by atoms with E-state index in [4.69, 9.17) is 0 Å². The minimum Gasteiger partial charge on any atom is -0.309 e. The maximum Gasteiger partial charge on any atom is 0.243 e. The molecule has 1 rings (SSSR count). The Morgan fingerprint density at radius 2 is 2.25 bits per heavy atom. The molecule has 0 aromatic carbocycles. The predicted molar refractivity (Wildman–Crippen MR) is 59.6 cm³/mol. The van der Waals surface area contributed by atoms with Gasteiger partial charge in [-0.15, -0.1) is 0 Å². The first-order valence-electron chi connectivity index (χ1n) is 5.03. The highest BCUT2D eigenvalue weighted by molar-refractivity contribution is 5.98. The van der Waals surface area contributed by atoms with Gasteiger partial charge in [0.25, 0.3) is 0 Å². The lowest BCUT2D eigenvalue weighted by atomic mass is 10.2. The van der Waals surface area contributed by atoms with Gasteiger partial charge in [0.2, 0.25) is 11.8 Å². The summed E-state index contributed by atoms with van der Waals surface area (Å²) in [6.45, 7) is 1.69. The molecule has 5 nitrogen and oxygen atoms in total. The number of rotatable bonds is 4. The molecule has 5 heteroatoms. The second kappa shape index (κ2) is 5.97. The molecule has 0 aliphatic rings. The molecule has 0 aliphatic carbocycles. The molecule has 2 N–H and O–H groups in total. The predicted octanol–water partition coefficient (Wildman–Crippen LogP) is -0.125. The molecule has 1 heterocycles. The number of likely N-dealkylation sites (N-methyl/N-ethyl adjacent to an activating group) is 1. The Morgan fingerprint density at radius 3 is 2.81 bits per heavy atom. The Balaban J connectivity index is 2.46. The zero-order valence-electron chi connectivity index (χ0n) is 9.36. The first-order valence-corrected chi connectivity index (χ1v) is 5.03. The Morgan fingerprint density at radius 1 is 1.50 bits per heavy atom. The summed E-state index contributed by atoms with van der Waals surface area (Å²) in [5.41, 5.74) is 0.782. The molecule has 16 heavy (non-hydrogen) atoms. The van der Waals surface area contributed by atoms with E-state index in [2.05, 4.69) is 15.6 Å². The lowest BCUT2D eigenvalue weighted by molar-refractivity contribution is -0.130. The minimum atomic E-state index is -0.377. The lowest BCUT2D eigenvalue weighted by Crippen LogP contribution is -2.43. The molecule has 0 radical (unpaired) electrons. The SMILES string of the molecule is CN[C@H](C)C(=O)NC(=O)Cc1cccnc1. The van der Waals surface area contributed by atoms with Crippen molar-refractivity contribution in [1.82, 2.24) is 15.6 Å². The van der Waals surface area contributed by atoms with Crippen LogP contribution in [0.5, 0.6) is 0 Å². The highest BCUT2D eigenvalue weighted by Gasteiger charge is 2.13. The first-order chi connectivity index (χ1) is 7.63. The van der Waals surface area contributed by atoms with E-state index in [0.29, 0.717) is 0 Å². The van der Waals surface area contributed by atoms with E-state index in [9.17, 15) is 9.59 Å². The van der Waals surface area contributed by atoms with Gasteiger partial charge in [0.1, 0.15) is 0 Å². The van der Waals surface area contributed by atoms with E-state index in [1.165, 1.54) is 0 Å². The molecule has 0 saturated carbocycles. The molecule has 86 valence electrons. The number of nitrogens with one attached hydrogen (secondary N) is 2. The third-order valence-electron chi connectivity index (χ3n) is 2.18. The highest BCUT2D eigenvalue weighted by atomic mass is 16.2. The third kappa shape index (κ3) is 3.78. The quantitative estimate of drug-likeness (QED) is 0.743. The van der Waals surface area contributed by atoms with Crippen LogP contribution in [0.4, 0.5) is 0 Å². The Labute approximate surface area is 94.3 Å². The van der Waals surface area contributed by atoms with Crippen molar-refractivity contribution in [3.05, 3.63) is 30.1 Å². The van der Waals surface area contributed by atoms with Crippen molar-refractivity contribution in [3.63, 3.8) is 0 Å². The van der Waals surface area contributed by atoms with Crippen molar-refractivity contribution < 1.29 is 9.59 Å². The van der Waals surface area contributed by atoms with Gasteiger partial charge in [-0.05, 0) is 25.6 Å². The highest BCUT2D eigenvalue weighted by Crippen LogP contribution is 1.96. The molecule has 0 aliphatic heterocycles. The number of hydrogen-bond acceptors (Lipinski definition) is 4. The number of imide groups is 1. The van der Waals surface area contributed by atoms with Crippen LogP contribution in [0, 0.1) is 0 Å². The molecule has 0 unspecified atom stereocenters. The van der Waals surface area contributed by atoms with Crippen LogP contribution in [0.3, 0.4) is 0 Å². The van der Waals surface area contributed by atoms with Crippen LogP contribution in [0.2, 0.25) is 0 Å². The Kier molecular flexibility index (Phi) is 4.60. The summed E-state index contributed by atoms with van der Waals surface area (Å²) in [6.07, 6.45) is 3.40. The fourth-order valence-electron chi connectivity index (χ4n) is 1.11. The van der Waals surface area contributed by atoms with Crippen LogP contribution < -0.4 is 10.6 Å². The number of carbonyl (C=O) groups is 2. The zero-order chi connectivity index (χ0) is 12.0. The van der Waals surface area contributed by atoms with Gasteiger partial charge in [-0.3, -0.25) is 19.9 Å². The average molecular weight is 221 g/mol. The molecule has 2 amide bonds. The maximum absolute atomic E-state index is 11.5. The standard InChI is InChI=1S/C11H15N3O2/c1-8(12-2)11(16)14-10(15)6-9-4-3-5-13-7-9/h3-5,7-8,12H,6H2,1-2H3,(H,14,15,16)/t8-/m1/s1. The number of hydrogen-bond donors (Lipinski definition) is 2. The summed E-state index contributed by atoms with van der Waals surface area (Å²) in [5.74, 6) is -0.642. The van der Waals surface area contributed by atoms with Crippen LogP contribution in [0.15, 0.2) is 24.5 Å². The van der Waals surface area contributed by atoms with E-state index in [-0.39, 0.29) is 24.3 Å². The molecule has 1 aromatic heterocycles. The number of carbonyl (C=O) groups excluding carboxylic acids is 2. The van der Waals surface area contributed by atoms with Gasteiger partial charge >= 0.3 is 0 Å². The fraction of sp³-hybridized carbons (Fsp3) is 0.364. The van der Waals surface area contributed by atoms with Gasteiger partial charge in [-0.25, -0.2) is 0 Å². The third-order valence-corrected chi connectivity index (χ3v) is 2.18. The number of pyridine rings is 1. The second-order valence-electron chi connectivity index (χ2n) is 3.46. The van der Waals surface area contributed by atoms with Crippen molar-refractivity contribution in [3.8, 4) is 0 Å². The van der Waals surface area contributed by atoms with Gasteiger partial charge in [-0.1, -0.05) is 6.07 Å². The zero-order valence-corrected chi connectivity index (χ0v) is 9.36. The average Bonchev–Trinajstić information content (AvgIpc) is 2.29. The molecule has 0 spiro atoms. The Bertz CT molecular complexity index is 365. The fourth-order valence-corrected chi connectivity index (χ4v) is 1.11. The normalized spacial score (nSPS) is 11.9. The molecule has 0 saturated heterocycles. The van der Waals surface area contributed by atoms with Crippen LogP contribution >= 0.6 is 0 Å². The van der Waals surface area contributed by atoms with Crippen molar-refractivity contribution in [2.45, 2.75) is 19.4 Å². The minimum absolute atomic E-state index is 0.163. The largest absolute Gasteiger partial charge is 0.309 e. The molecular weight excluding hydrogens is 206 g/mol. The smallest absolute Gasteiger partial charge is 0.243 e. The topological polar surface area (TPSA) is 71.1 Å². The van der Waals surface area contributed by atoms with Crippen LogP contribution in [0.25, 0.3) is 0 Å². The van der Waals surface area contributed by atoms with Gasteiger partial charge < -0.3 is 5.32 Å². The van der Waals surface area contributed by atoms with Crippen LogP contribution in [0.1, 0.15) is 12.5 Å². The number of amides is 2. The Hall–Kier alpha value is -1.75. The molecule has 1 atom stereocenters. The summed E-state index contributed by atoms with van der Waals surface area (Å²) in [4.78, 5) is 26.7. The van der Waals surface area contributed by atoms with Gasteiger partial charge in [0, 0.05) is 12.4 Å². The summed E-state index contributed by atoms with van der Waals surface area (Å²) < 4.78 is 0. The van der Waals surface area contributed by atoms with Crippen molar-refractivity contribution in [2.75, 3.05) is 7.05 Å². The molecular formula is C11H15N3O2. The van der Waals surface area contributed by atoms with E-state index in [1.807, 2.05) is 0 Å². The summed E-state index contributed by atoms with van der Waals surface area (Å²) in [6, 6.07) is 3.16. The number of aromatic nitrogens is 1. The maximum atomic E-state index is 11.5. The van der Waals surface area contributed by atoms with Gasteiger partial charge in [0.05, 0.1) is 12.5 Å². The monoisotopic (exact) mass is 221 g/mol. The van der Waals surface area contributed by atoms with E-state index >= 15 is 0 Å². The molecule has 0 bridgehead atoms. The van der Waals surface area contributed by atoms with Crippen LogP contribution in [-0.4, -0.2) is 29.9 Å².